The summed E-state index contributed by atoms with van der Waals surface area (Å²) in [6, 6.07) is 4.08. The Morgan fingerprint density at radius 1 is 1.44 bits per heavy atom. The van der Waals surface area contributed by atoms with E-state index >= 15 is 0 Å². The highest BCUT2D eigenvalue weighted by molar-refractivity contribution is 7.80. The number of carbonyl (C=O) groups is 1. The first kappa shape index (κ1) is 12.3. The SMILES string of the molecule is CN(CC(N)=S)C(=O)c1c(O)cccc1O. The van der Waals surface area contributed by atoms with Gasteiger partial charge in [0, 0.05) is 7.05 Å². The monoisotopic (exact) mass is 240 g/mol. The molecular formula is C10H12N2O3S. The number of hydrogen-bond donors (Lipinski definition) is 3. The van der Waals surface area contributed by atoms with Crippen molar-refractivity contribution < 1.29 is 15.0 Å². The third-order valence-electron chi connectivity index (χ3n) is 1.97. The second-order valence-electron chi connectivity index (χ2n) is 3.30. The lowest BCUT2D eigenvalue weighted by atomic mass is 10.1. The summed E-state index contributed by atoms with van der Waals surface area (Å²) in [5, 5.41) is 18.9. The summed E-state index contributed by atoms with van der Waals surface area (Å²) in [5.74, 6) is -1.09. The zero-order valence-corrected chi connectivity index (χ0v) is 9.49. The van der Waals surface area contributed by atoms with Crippen molar-refractivity contribution in [3.05, 3.63) is 23.8 Å². The van der Waals surface area contributed by atoms with Gasteiger partial charge < -0.3 is 20.8 Å². The van der Waals surface area contributed by atoms with Gasteiger partial charge in [0.15, 0.2) is 0 Å². The molecular weight excluding hydrogens is 228 g/mol. The molecule has 0 atom stereocenters. The minimum atomic E-state index is -0.539. The summed E-state index contributed by atoms with van der Waals surface area (Å²) in [6.45, 7) is 0.0853. The van der Waals surface area contributed by atoms with Crippen molar-refractivity contribution in [1.29, 1.82) is 0 Å². The number of thiocarbonyl (C=S) groups is 1. The molecule has 0 saturated carbocycles. The van der Waals surface area contributed by atoms with Gasteiger partial charge in [0.05, 0.1) is 11.5 Å². The van der Waals surface area contributed by atoms with E-state index in [2.05, 4.69) is 12.2 Å². The van der Waals surface area contributed by atoms with E-state index in [9.17, 15) is 15.0 Å². The van der Waals surface area contributed by atoms with Crippen molar-refractivity contribution in [1.82, 2.24) is 4.90 Å². The molecule has 0 spiro atoms. The molecule has 0 aliphatic carbocycles. The molecule has 0 saturated heterocycles. The molecule has 0 aliphatic rings. The Bertz CT molecular complexity index is 414. The number of nitrogens with two attached hydrogens (primary N) is 1. The summed E-state index contributed by atoms with van der Waals surface area (Å²) in [5.41, 5.74) is 5.15. The molecule has 0 heterocycles. The fourth-order valence-electron chi connectivity index (χ4n) is 1.24. The van der Waals surface area contributed by atoms with Crippen LogP contribution < -0.4 is 5.73 Å². The number of likely N-dealkylation sites (N-methyl/N-ethyl adjacent to an activating group) is 1. The van der Waals surface area contributed by atoms with Gasteiger partial charge in [-0.3, -0.25) is 4.79 Å². The first-order chi connectivity index (χ1) is 7.43. The summed E-state index contributed by atoms with van der Waals surface area (Å²) >= 11 is 4.67. The number of amides is 1. The van der Waals surface area contributed by atoms with Crippen LogP contribution in [0.2, 0.25) is 0 Å². The molecule has 86 valence electrons. The zero-order valence-electron chi connectivity index (χ0n) is 8.67. The molecule has 4 N–H and O–H groups in total. The Morgan fingerprint density at radius 3 is 2.38 bits per heavy atom. The van der Waals surface area contributed by atoms with Crippen LogP contribution in [0.3, 0.4) is 0 Å². The number of phenolic OH excluding ortho intramolecular Hbond substituents is 2. The van der Waals surface area contributed by atoms with Crippen LogP contribution in [0.1, 0.15) is 10.4 Å². The van der Waals surface area contributed by atoms with E-state index in [-0.39, 0.29) is 28.6 Å². The van der Waals surface area contributed by atoms with Crippen LogP contribution in [0, 0.1) is 0 Å². The number of aromatic hydroxyl groups is 2. The average Bonchev–Trinajstić information content (AvgIpc) is 2.16. The van der Waals surface area contributed by atoms with E-state index in [1.54, 1.807) is 0 Å². The smallest absolute Gasteiger partial charge is 0.261 e. The fraction of sp³-hybridized carbons (Fsp3) is 0.200. The average molecular weight is 240 g/mol. The van der Waals surface area contributed by atoms with Crippen LogP contribution in [0.15, 0.2) is 18.2 Å². The first-order valence-electron chi connectivity index (χ1n) is 4.48. The van der Waals surface area contributed by atoms with Crippen molar-refractivity contribution in [3.63, 3.8) is 0 Å². The first-order valence-corrected chi connectivity index (χ1v) is 4.89. The quantitative estimate of drug-likeness (QED) is 0.668. The summed E-state index contributed by atoms with van der Waals surface area (Å²) in [6.07, 6.45) is 0. The molecule has 0 bridgehead atoms. The van der Waals surface area contributed by atoms with Crippen molar-refractivity contribution >= 4 is 23.1 Å². The summed E-state index contributed by atoms with van der Waals surface area (Å²) < 4.78 is 0. The number of rotatable bonds is 3. The van der Waals surface area contributed by atoms with Crippen LogP contribution in [-0.4, -0.2) is 39.6 Å². The van der Waals surface area contributed by atoms with E-state index in [1.165, 1.54) is 30.1 Å². The van der Waals surface area contributed by atoms with E-state index in [1.807, 2.05) is 0 Å². The van der Waals surface area contributed by atoms with Gasteiger partial charge in [0.1, 0.15) is 17.1 Å². The molecule has 6 heteroatoms. The van der Waals surface area contributed by atoms with Gasteiger partial charge in [0.25, 0.3) is 5.91 Å². The van der Waals surface area contributed by atoms with Gasteiger partial charge in [-0.1, -0.05) is 18.3 Å². The Morgan fingerprint density at radius 2 is 1.94 bits per heavy atom. The topological polar surface area (TPSA) is 86.8 Å². The second kappa shape index (κ2) is 4.80. The Labute approximate surface area is 98.1 Å². The fourth-order valence-corrected chi connectivity index (χ4v) is 1.44. The van der Waals surface area contributed by atoms with Gasteiger partial charge >= 0.3 is 0 Å². The Hall–Kier alpha value is -1.82. The highest BCUT2D eigenvalue weighted by Crippen LogP contribution is 2.27. The molecule has 0 aromatic heterocycles. The van der Waals surface area contributed by atoms with Crippen molar-refractivity contribution in [3.8, 4) is 11.5 Å². The summed E-state index contributed by atoms with van der Waals surface area (Å²) in [4.78, 5) is 13.2. The number of benzene rings is 1. The molecule has 0 fully saturated rings. The third-order valence-corrected chi connectivity index (χ3v) is 2.10. The highest BCUT2D eigenvalue weighted by atomic mass is 32.1. The standard InChI is InChI=1S/C10H12N2O3S/c1-12(5-8(11)16)10(15)9-6(13)3-2-4-7(9)14/h2-4,13-14H,5H2,1H3,(H2,11,16). The highest BCUT2D eigenvalue weighted by Gasteiger charge is 2.19. The van der Waals surface area contributed by atoms with Gasteiger partial charge in [-0.05, 0) is 12.1 Å². The van der Waals surface area contributed by atoms with E-state index < -0.39 is 5.91 Å². The molecule has 0 aliphatic heterocycles. The largest absolute Gasteiger partial charge is 0.507 e. The van der Waals surface area contributed by atoms with E-state index in [0.29, 0.717) is 0 Å². The molecule has 5 nitrogen and oxygen atoms in total. The maximum atomic E-state index is 11.8. The van der Waals surface area contributed by atoms with Crippen LogP contribution in [-0.2, 0) is 0 Å². The lowest BCUT2D eigenvalue weighted by Crippen LogP contribution is -2.34. The van der Waals surface area contributed by atoms with Gasteiger partial charge in [-0.15, -0.1) is 0 Å². The normalized spacial score (nSPS) is 9.81. The maximum absolute atomic E-state index is 11.8. The number of carbonyl (C=O) groups excluding carboxylic acids is 1. The van der Waals surface area contributed by atoms with Gasteiger partial charge in [-0.2, -0.15) is 0 Å². The predicted octanol–water partition coefficient (Wildman–Crippen LogP) is 0.456. The Balaban J connectivity index is 3.00. The Kier molecular flexibility index (Phi) is 3.68. The van der Waals surface area contributed by atoms with Crippen LogP contribution in [0.25, 0.3) is 0 Å². The van der Waals surface area contributed by atoms with Crippen molar-refractivity contribution in [2.75, 3.05) is 13.6 Å². The molecule has 16 heavy (non-hydrogen) atoms. The summed E-state index contributed by atoms with van der Waals surface area (Å²) in [7, 11) is 1.48. The molecule has 0 unspecified atom stereocenters. The molecule has 1 aromatic carbocycles. The molecule has 1 aromatic rings. The minimum Gasteiger partial charge on any atom is -0.507 e. The minimum absolute atomic E-state index is 0.0853. The lowest BCUT2D eigenvalue weighted by Gasteiger charge is -2.17. The predicted molar refractivity (Wildman–Crippen MR) is 63.5 cm³/mol. The molecule has 0 radical (unpaired) electrons. The van der Waals surface area contributed by atoms with E-state index in [0.717, 1.165) is 0 Å². The lowest BCUT2D eigenvalue weighted by molar-refractivity contribution is 0.0809. The van der Waals surface area contributed by atoms with Gasteiger partial charge in [0.2, 0.25) is 0 Å². The molecule has 1 rings (SSSR count). The molecule has 1 amide bonds. The van der Waals surface area contributed by atoms with Crippen molar-refractivity contribution in [2.45, 2.75) is 0 Å². The van der Waals surface area contributed by atoms with Crippen LogP contribution in [0.4, 0.5) is 0 Å². The number of hydrogen-bond acceptors (Lipinski definition) is 4. The maximum Gasteiger partial charge on any atom is 0.261 e. The number of nitrogens with zero attached hydrogens (tertiary/aromatic N) is 1. The van der Waals surface area contributed by atoms with E-state index in [4.69, 9.17) is 5.73 Å². The third kappa shape index (κ3) is 2.60. The number of phenols is 2. The second-order valence-corrected chi connectivity index (χ2v) is 3.82. The van der Waals surface area contributed by atoms with Crippen molar-refractivity contribution in [2.24, 2.45) is 5.73 Å². The van der Waals surface area contributed by atoms with Gasteiger partial charge in [-0.25, -0.2) is 0 Å². The van der Waals surface area contributed by atoms with Crippen LogP contribution >= 0.6 is 12.2 Å². The van der Waals surface area contributed by atoms with Crippen LogP contribution in [0.5, 0.6) is 11.5 Å². The zero-order chi connectivity index (χ0) is 12.3.